The molecule has 1 aliphatic rings. The van der Waals surface area contributed by atoms with Crippen molar-refractivity contribution in [2.75, 3.05) is 26.2 Å². The Morgan fingerprint density at radius 1 is 1.02 bits per heavy atom. The van der Waals surface area contributed by atoms with Crippen LogP contribution in [-0.2, 0) is 0 Å². The van der Waals surface area contributed by atoms with Gasteiger partial charge in [0.15, 0.2) is 5.65 Å². The molecule has 0 spiro atoms. The van der Waals surface area contributed by atoms with E-state index in [1.807, 2.05) is 73.0 Å². The number of aromatic nitrogens is 3. The summed E-state index contributed by atoms with van der Waals surface area (Å²) in [6.45, 7) is 8.81. The number of aliphatic hydroxyl groups is 1. The molecule has 1 saturated heterocycles. The monoisotopic (exact) mass is 547 g/mol. The van der Waals surface area contributed by atoms with E-state index in [0.717, 1.165) is 59.5 Å². The van der Waals surface area contributed by atoms with Gasteiger partial charge >= 0.3 is 6.01 Å². The van der Waals surface area contributed by atoms with Gasteiger partial charge in [-0.05, 0) is 57.9 Å². The molecule has 3 heterocycles. The highest BCUT2D eigenvalue weighted by Gasteiger charge is 2.26. The number of imidazole rings is 1. The first-order chi connectivity index (χ1) is 19.8. The number of aryl methyl sites for hydroxylation is 1. The van der Waals surface area contributed by atoms with Crippen LogP contribution in [0.5, 0.6) is 6.01 Å². The number of nitriles is 1. The molecule has 2 aromatic carbocycles. The molecule has 0 amide bonds. The Morgan fingerprint density at radius 2 is 1.78 bits per heavy atom. The van der Waals surface area contributed by atoms with E-state index in [2.05, 4.69) is 42.2 Å². The molecule has 0 saturated carbocycles. The van der Waals surface area contributed by atoms with Crippen LogP contribution in [0.15, 0.2) is 85.2 Å². The molecule has 0 bridgehead atoms. The summed E-state index contributed by atoms with van der Waals surface area (Å²) in [6, 6.07) is 26.5. The quantitative estimate of drug-likeness (QED) is 0.295. The van der Waals surface area contributed by atoms with Gasteiger partial charge in [0.25, 0.3) is 0 Å². The SMILES string of the molecule is Cc1cccccc(-c2c(-c3ccc(C#N)cc3)nc(OCC3CCCN(CC(C)(C)O)C3)n3ccnc23)ccc1. The first-order valence-corrected chi connectivity index (χ1v) is 14.2. The summed E-state index contributed by atoms with van der Waals surface area (Å²) in [5.74, 6) is 0.335. The number of nitrogens with zero attached hydrogens (tertiary/aromatic N) is 5. The van der Waals surface area contributed by atoms with Crippen LogP contribution < -0.4 is 4.74 Å². The maximum absolute atomic E-state index is 10.3. The van der Waals surface area contributed by atoms with Gasteiger partial charge < -0.3 is 14.7 Å². The number of β-amino-alcohol motifs (C(OH)–C–C–N with tert-alkyl or cyclic N) is 1. The van der Waals surface area contributed by atoms with Gasteiger partial charge in [-0.2, -0.15) is 10.2 Å². The van der Waals surface area contributed by atoms with Crippen LogP contribution in [-0.4, -0.2) is 56.2 Å². The van der Waals surface area contributed by atoms with Crippen molar-refractivity contribution in [3.05, 3.63) is 96.3 Å². The highest BCUT2D eigenvalue weighted by molar-refractivity contribution is 5.90. The Balaban J connectivity index is 1.57. The van der Waals surface area contributed by atoms with Gasteiger partial charge in [0.2, 0.25) is 0 Å². The molecule has 7 nitrogen and oxygen atoms in total. The van der Waals surface area contributed by atoms with Crippen molar-refractivity contribution < 1.29 is 9.84 Å². The average Bonchev–Trinajstić information content (AvgIpc) is 3.44. The van der Waals surface area contributed by atoms with Crippen molar-refractivity contribution in [1.29, 1.82) is 5.26 Å². The van der Waals surface area contributed by atoms with Gasteiger partial charge in [-0.3, -0.25) is 4.40 Å². The summed E-state index contributed by atoms with van der Waals surface area (Å²) in [6.07, 6.45) is 5.80. The van der Waals surface area contributed by atoms with Gasteiger partial charge in [-0.1, -0.05) is 66.2 Å². The van der Waals surface area contributed by atoms with Crippen LogP contribution in [0.4, 0.5) is 0 Å². The van der Waals surface area contributed by atoms with Gasteiger partial charge in [0, 0.05) is 37.0 Å². The number of rotatable bonds is 7. The second-order valence-corrected chi connectivity index (χ2v) is 11.4. The van der Waals surface area contributed by atoms with Crippen LogP contribution in [0.1, 0.15) is 37.8 Å². The van der Waals surface area contributed by atoms with Crippen LogP contribution in [0, 0.1) is 24.2 Å². The molecule has 0 aliphatic carbocycles. The number of likely N-dealkylation sites (tertiary alicyclic amines) is 1. The fourth-order valence-corrected chi connectivity index (χ4v) is 5.42. The van der Waals surface area contributed by atoms with Crippen molar-refractivity contribution in [3.8, 4) is 34.5 Å². The third-order valence-electron chi connectivity index (χ3n) is 7.24. The van der Waals surface area contributed by atoms with Crippen molar-refractivity contribution >= 4 is 5.65 Å². The lowest BCUT2D eigenvalue weighted by molar-refractivity contribution is 0.0162. The van der Waals surface area contributed by atoms with Crippen molar-refractivity contribution in [3.63, 3.8) is 0 Å². The Labute approximate surface area is 242 Å². The van der Waals surface area contributed by atoms with E-state index in [0.29, 0.717) is 30.6 Å². The highest BCUT2D eigenvalue weighted by Crippen LogP contribution is 2.36. The zero-order valence-corrected chi connectivity index (χ0v) is 24.0. The summed E-state index contributed by atoms with van der Waals surface area (Å²) in [5, 5.41) is 19.7. The zero-order valence-electron chi connectivity index (χ0n) is 24.0. The predicted molar refractivity (Wildman–Crippen MR) is 162 cm³/mol. The number of benzene rings is 1. The number of hydrogen-bond donors (Lipinski definition) is 1. The normalized spacial score (nSPS) is 15.7. The lowest BCUT2D eigenvalue weighted by Gasteiger charge is -2.35. The van der Waals surface area contributed by atoms with Crippen LogP contribution >= 0.6 is 0 Å². The molecular formula is C34H37N5O2. The van der Waals surface area contributed by atoms with Gasteiger partial charge in [0.1, 0.15) is 0 Å². The van der Waals surface area contributed by atoms with E-state index in [4.69, 9.17) is 14.7 Å². The van der Waals surface area contributed by atoms with Crippen molar-refractivity contribution in [1.82, 2.24) is 19.3 Å². The standard InChI is InChI=1S/C34H37N5O2/c1-25-9-5-4-6-12-28(13-7-10-25)30-31(29-16-14-26(21-35)15-17-29)37-33(39-20-18-36-32(30)39)41-23-27-11-8-19-38(22-27)24-34(2,3)40/h4-7,9-10,12-18,20,27,40H,8,11,19,22-24H2,1-3H3. The molecule has 0 radical (unpaired) electrons. The number of piperidine rings is 1. The number of fused-ring (bicyclic) bond motifs is 1. The van der Waals surface area contributed by atoms with Gasteiger partial charge in [-0.25, -0.2) is 4.98 Å². The van der Waals surface area contributed by atoms with Crippen LogP contribution in [0.3, 0.4) is 0 Å². The average molecular weight is 548 g/mol. The van der Waals surface area contributed by atoms with Crippen LogP contribution in [0.2, 0.25) is 0 Å². The Bertz CT molecular complexity index is 1600. The summed E-state index contributed by atoms with van der Waals surface area (Å²) in [7, 11) is 0. The fourth-order valence-electron chi connectivity index (χ4n) is 5.42. The molecule has 5 rings (SSSR count). The number of hydrogen-bond acceptors (Lipinski definition) is 6. The minimum absolute atomic E-state index is 0.335. The summed E-state index contributed by atoms with van der Waals surface area (Å²) < 4.78 is 8.36. The minimum atomic E-state index is -0.725. The molecule has 1 aliphatic heterocycles. The molecule has 1 fully saturated rings. The maximum Gasteiger partial charge on any atom is 0.302 e. The second-order valence-electron chi connectivity index (χ2n) is 11.4. The third-order valence-corrected chi connectivity index (χ3v) is 7.24. The molecule has 7 heteroatoms. The van der Waals surface area contributed by atoms with E-state index in [-0.39, 0.29) is 0 Å². The molecule has 2 aromatic heterocycles. The van der Waals surface area contributed by atoms with Gasteiger partial charge in [-0.15, -0.1) is 0 Å². The summed E-state index contributed by atoms with van der Waals surface area (Å²) in [5.41, 5.74) is 5.24. The predicted octanol–water partition coefficient (Wildman–Crippen LogP) is 6.23. The topological polar surface area (TPSA) is 86.7 Å². The van der Waals surface area contributed by atoms with E-state index in [9.17, 15) is 10.4 Å². The fraction of sp³-hybridized carbons (Fsp3) is 0.324. The maximum atomic E-state index is 10.3. The number of ether oxygens (including phenoxy) is 1. The molecule has 4 aromatic rings. The first kappa shape index (κ1) is 28.3. The van der Waals surface area contributed by atoms with E-state index < -0.39 is 5.60 Å². The van der Waals surface area contributed by atoms with Crippen LogP contribution in [0.25, 0.3) is 28.0 Å². The molecule has 1 unspecified atom stereocenters. The summed E-state index contributed by atoms with van der Waals surface area (Å²) >= 11 is 0. The van der Waals surface area contributed by atoms with E-state index >= 15 is 0 Å². The molecular weight excluding hydrogens is 510 g/mol. The first-order valence-electron chi connectivity index (χ1n) is 14.2. The molecule has 41 heavy (non-hydrogen) atoms. The Morgan fingerprint density at radius 3 is 2.56 bits per heavy atom. The van der Waals surface area contributed by atoms with Crippen molar-refractivity contribution in [2.24, 2.45) is 5.92 Å². The van der Waals surface area contributed by atoms with Crippen molar-refractivity contribution in [2.45, 2.75) is 39.2 Å². The largest absolute Gasteiger partial charge is 0.464 e. The lowest BCUT2D eigenvalue weighted by atomic mass is 9.97. The molecule has 1 atom stereocenters. The third kappa shape index (κ3) is 7.10. The van der Waals surface area contributed by atoms with Gasteiger partial charge in [0.05, 0.1) is 35.1 Å². The summed E-state index contributed by atoms with van der Waals surface area (Å²) in [4.78, 5) is 12.2. The molecule has 210 valence electrons. The smallest absolute Gasteiger partial charge is 0.302 e. The van der Waals surface area contributed by atoms with E-state index in [1.165, 1.54) is 0 Å². The second kappa shape index (κ2) is 12.5. The lowest BCUT2D eigenvalue weighted by Crippen LogP contribution is -2.45. The zero-order chi connectivity index (χ0) is 28.8. The Kier molecular flexibility index (Phi) is 8.63. The molecule has 1 N–H and O–H groups in total. The minimum Gasteiger partial charge on any atom is -0.464 e. The highest BCUT2D eigenvalue weighted by atomic mass is 16.5. The Hall–Kier alpha value is -4.25. The van der Waals surface area contributed by atoms with E-state index in [1.54, 1.807) is 6.20 Å².